The highest BCUT2D eigenvalue weighted by molar-refractivity contribution is 7.88. The Bertz CT molecular complexity index is 649. The normalized spacial score (nSPS) is 22.1. The van der Waals surface area contributed by atoms with E-state index < -0.39 is 26.6 Å². The van der Waals surface area contributed by atoms with E-state index in [4.69, 9.17) is 5.73 Å². The van der Waals surface area contributed by atoms with Crippen LogP contribution >= 0.6 is 0 Å². The van der Waals surface area contributed by atoms with E-state index in [9.17, 15) is 17.0 Å². The van der Waals surface area contributed by atoms with E-state index in [1.807, 2.05) is 0 Å². The molecule has 1 aromatic rings. The van der Waals surface area contributed by atoms with Gasteiger partial charge in [-0.05, 0) is 37.0 Å². The molecule has 5 nitrogen and oxygen atoms in total. The molecule has 0 radical (unpaired) electrons. The molecule has 0 aliphatic carbocycles. The number of piperidine rings is 1. The van der Waals surface area contributed by atoms with Gasteiger partial charge in [0.05, 0.1) is 22.0 Å². The van der Waals surface area contributed by atoms with Gasteiger partial charge in [0.15, 0.2) is 0 Å². The van der Waals surface area contributed by atoms with Gasteiger partial charge < -0.3 is 5.73 Å². The summed E-state index contributed by atoms with van der Waals surface area (Å²) in [6, 6.07) is 3.80. The zero-order valence-electron chi connectivity index (χ0n) is 11.8. The highest BCUT2D eigenvalue weighted by Crippen LogP contribution is 2.24. The van der Waals surface area contributed by atoms with Crippen molar-refractivity contribution >= 4 is 26.5 Å². The molecular formula is C13H19FN2O3S2. The molecule has 8 heteroatoms. The van der Waals surface area contributed by atoms with E-state index in [0.717, 1.165) is 12.8 Å². The van der Waals surface area contributed by atoms with E-state index in [2.05, 4.69) is 0 Å². The molecule has 0 bridgehead atoms. The number of hydrogen-bond donors (Lipinski definition) is 1. The second-order valence-corrected chi connectivity index (χ2v) is 8.77. The molecule has 1 saturated heterocycles. The van der Waals surface area contributed by atoms with Gasteiger partial charge in [-0.25, -0.2) is 17.1 Å². The maximum atomic E-state index is 13.2. The topological polar surface area (TPSA) is 80.5 Å². The molecule has 118 valence electrons. The fourth-order valence-corrected chi connectivity index (χ4v) is 4.87. The van der Waals surface area contributed by atoms with Crippen molar-refractivity contribution in [2.24, 2.45) is 5.92 Å². The van der Waals surface area contributed by atoms with Gasteiger partial charge in [-0.3, -0.25) is 4.21 Å². The number of nitrogens with two attached hydrogens (primary N) is 1. The maximum absolute atomic E-state index is 13.2. The fraction of sp³-hybridized carbons (Fsp3) is 0.538. The lowest BCUT2D eigenvalue weighted by Gasteiger charge is -2.30. The van der Waals surface area contributed by atoms with Crippen molar-refractivity contribution in [2.45, 2.75) is 17.7 Å². The van der Waals surface area contributed by atoms with Crippen LogP contribution in [0.15, 0.2) is 23.1 Å². The SMILES string of the molecule is CS(=O)(=O)N1CCCC(CS(=O)c2cc(F)ccc2N)C1. The van der Waals surface area contributed by atoms with Crippen molar-refractivity contribution in [3.05, 3.63) is 24.0 Å². The smallest absolute Gasteiger partial charge is 0.211 e. The zero-order chi connectivity index (χ0) is 15.6. The number of benzene rings is 1. The van der Waals surface area contributed by atoms with Crippen LogP contribution in [0.1, 0.15) is 12.8 Å². The number of nitrogen functional groups attached to an aromatic ring is 1. The molecule has 2 atom stereocenters. The minimum Gasteiger partial charge on any atom is -0.398 e. The van der Waals surface area contributed by atoms with Gasteiger partial charge >= 0.3 is 0 Å². The molecule has 2 rings (SSSR count). The largest absolute Gasteiger partial charge is 0.398 e. The molecule has 21 heavy (non-hydrogen) atoms. The number of anilines is 1. The molecule has 2 N–H and O–H groups in total. The van der Waals surface area contributed by atoms with Crippen LogP contribution < -0.4 is 5.73 Å². The van der Waals surface area contributed by atoms with Gasteiger partial charge in [0.25, 0.3) is 0 Å². The number of rotatable bonds is 4. The summed E-state index contributed by atoms with van der Waals surface area (Å²) < 4.78 is 50.1. The van der Waals surface area contributed by atoms with Gasteiger partial charge in [0.2, 0.25) is 10.0 Å². The van der Waals surface area contributed by atoms with Crippen molar-refractivity contribution in [2.75, 3.05) is 30.8 Å². The standard InChI is InChI=1S/C13H19FN2O3S2/c1-21(18,19)16-6-2-3-10(8-16)9-20(17)13-7-11(14)4-5-12(13)15/h4-5,7,10H,2-3,6,8-9,15H2,1H3. The molecule has 1 aliphatic heterocycles. The van der Waals surface area contributed by atoms with Gasteiger partial charge in [0.1, 0.15) is 5.82 Å². The highest BCUT2D eigenvalue weighted by Gasteiger charge is 2.27. The van der Waals surface area contributed by atoms with E-state index in [1.54, 1.807) is 0 Å². The van der Waals surface area contributed by atoms with Crippen molar-refractivity contribution in [3.63, 3.8) is 0 Å². The van der Waals surface area contributed by atoms with Crippen molar-refractivity contribution in [1.82, 2.24) is 4.31 Å². The maximum Gasteiger partial charge on any atom is 0.211 e. The summed E-state index contributed by atoms with van der Waals surface area (Å²) in [5.41, 5.74) is 6.02. The van der Waals surface area contributed by atoms with Gasteiger partial charge in [-0.1, -0.05) is 0 Å². The summed E-state index contributed by atoms with van der Waals surface area (Å²) in [5, 5.41) is 0. The Kier molecular flexibility index (Phi) is 5.00. The van der Waals surface area contributed by atoms with Crippen LogP contribution in [0.5, 0.6) is 0 Å². The first-order valence-corrected chi connectivity index (χ1v) is 9.82. The number of sulfonamides is 1. The molecule has 0 amide bonds. The Labute approximate surface area is 126 Å². The lowest BCUT2D eigenvalue weighted by atomic mass is 10.0. The fourth-order valence-electron chi connectivity index (χ4n) is 2.47. The third-order valence-electron chi connectivity index (χ3n) is 3.56. The minimum atomic E-state index is -3.22. The molecule has 0 saturated carbocycles. The van der Waals surface area contributed by atoms with Crippen LogP contribution in [0.25, 0.3) is 0 Å². The molecule has 1 heterocycles. The average Bonchev–Trinajstić information content (AvgIpc) is 2.41. The van der Waals surface area contributed by atoms with Crippen molar-refractivity contribution < 1.29 is 17.0 Å². The average molecular weight is 334 g/mol. The predicted molar refractivity (Wildman–Crippen MR) is 81.2 cm³/mol. The molecule has 1 aromatic carbocycles. The first-order valence-electron chi connectivity index (χ1n) is 6.66. The first kappa shape index (κ1) is 16.4. The Morgan fingerprint density at radius 1 is 1.48 bits per heavy atom. The van der Waals surface area contributed by atoms with Crippen LogP contribution in [0.2, 0.25) is 0 Å². The third-order valence-corrected chi connectivity index (χ3v) is 6.45. The van der Waals surface area contributed by atoms with E-state index >= 15 is 0 Å². The Morgan fingerprint density at radius 3 is 2.86 bits per heavy atom. The van der Waals surface area contributed by atoms with Crippen molar-refractivity contribution in [1.29, 1.82) is 0 Å². The molecular weight excluding hydrogens is 315 g/mol. The summed E-state index contributed by atoms with van der Waals surface area (Å²) in [5.74, 6) is -0.189. The van der Waals surface area contributed by atoms with Gasteiger partial charge in [0, 0.05) is 24.5 Å². The molecule has 1 fully saturated rings. The lowest BCUT2D eigenvalue weighted by molar-refractivity contribution is 0.285. The molecule has 2 unspecified atom stereocenters. The van der Waals surface area contributed by atoms with E-state index in [-0.39, 0.29) is 10.8 Å². The Balaban J connectivity index is 2.07. The van der Waals surface area contributed by atoms with Crippen LogP contribution in [-0.4, -0.2) is 42.0 Å². The summed E-state index contributed by atoms with van der Waals surface area (Å²) in [7, 11) is -4.66. The highest BCUT2D eigenvalue weighted by atomic mass is 32.2. The predicted octanol–water partition coefficient (Wildman–Crippen LogP) is 1.19. The first-order chi connectivity index (χ1) is 9.77. The Morgan fingerprint density at radius 2 is 2.19 bits per heavy atom. The van der Waals surface area contributed by atoms with Crippen LogP contribution in [0.4, 0.5) is 10.1 Å². The molecule has 1 aliphatic rings. The lowest BCUT2D eigenvalue weighted by Crippen LogP contribution is -2.40. The number of halogens is 1. The summed E-state index contributed by atoms with van der Waals surface area (Å²) >= 11 is 0. The van der Waals surface area contributed by atoms with Crippen molar-refractivity contribution in [3.8, 4) is 0 Å². The summed E-state index contributed by atoms with van der Waals surface area (Å²) in [6.07, 6.45) is 2.73. The summed E-state index contributed by atoms with van der Waals surface area (Å²) in [6.45, 7) is 0.865. The monoisotopic (exact) mass is 334 g/mol. The van der Waals surface area contributed by atoms with Crippen LogP contribution in [0.3, 0.4) is 0 Å². The zero-order valence-corrected chi connectivity index (χ0v) is 13.4. The van der Waals surface area contributed by atoms with E-state index in [0.29, 0.717) is 24.5 Å². The van der Waals surface area contributed by atoms with Crippen LogP contribution in [0, 0.1) is 11.7 Å². The number of hydrogen-bond acceptors (Lipinski definition) is 4. The second-order valence-electron chi connectivity index (χ2n) is 5.32. The van der Waals surface area contributed by atoms with Crippen LogP contribution in [-0.2, 0) is 20.8 Å². The molecule has 0 aromatic heterocycles. The quantitative estimate of drug-likeness (QED) is 0.839. The second kappa shape index (κ2) is 6.41. The number of nitrogens with zero attached hydrogens (tertiary/aromatic N) is 1. The molecule has 0 spiro atoms. The minimum absolute atomic E-state index is 0.00280. The van der Waals surface area contributed by atoms with Gasteiger partial charge in [-0.2, -0.15) is 0 Å². The summed E-state index contributed by atoms with van der Waals surface area (Å²) in [4.78, 5) is 0.284. The third kappa shape index (κ3) is 4.24. The van der Waals surface area contributed by atoms with Gasteiger partial charge in [-0.15, -0.1) is 0 Å². The van der Waals surface area contributed by atoms with E-state index in [1.165, 1.54) is 28.8 Å². The Hall–Kier alpha value is -0.990.